The van der Waals surface area contributed by atoms with Crippen molar-refractivity contribution >= 4 is 23.4 Å². The fourth-order valence-corrected chi connectivity index (χ4v) is 4.21. The molecule has 1 radical (unpaired) electrons. The number of amides is 2. The summed E-state index contributed by atoms with van der Waals surface area (Å²) in [5.41, 5.74) is 7.72. The summed E-state index contributed by atoms with van der Waals surface area (Å²) in [7, 11) is 0. The first kappa shape index (κ1) is 24.2. The van der Waals surface area contributed by atoms with Crippen molar-refractivity contribution in [2.24, 2.45) is 5.73 Å². The molecule has 0 aliphatic carbocycles. The SMILES string of the molecule is CCN(CC(N)=O)CC(c1ccccc1)N1CCN(C(=O)[CH]Cc2ccc(Cl)cc2)CC1. The number of carbonyl (C=O) groups excluding carboxylic acids is 2. The van der Waals surface area contributed by atoms with Crippen LogP contribution in [0.4, 0.5) is 0 Å². The van der Waals surface area contributed by atoms with Crippen LogP contribution in [0.1, 0.15) is 24.1 Å². The largest absolute Gasteiger partial charge is 0.369 e. The second-order valence-electron chi connectivity index (χ2n) is 8.12. The molecule has 1 unspecified atom stereocenters. The minimum atomic E-state index is -0.315. The highest BCUT2D eigenvalue weighted by Gasteiger charge is 2.28. The first-order chi connectivity index (χ1) is 15.5. The summed E-state index contributed by atoms with van der Waals surface area (Å²) in [6.45, 7) is 6.70. The number of likely N-dealkylation sites (N-methyl/N-ethyl adjacent to an activating group) is 1. The maximum atomic E-state index is 12.7. The number of benzene rings is 2. The number of hydrogen-bond donors (Lipinski definition) is 1. The lowest BCUT2D eigenvalue weighted by Crippen LogP contribution is -2.52. The number of piperazine rings is 1. The quantitative estimate of drug-likeness (QED) is 0.598. The number of rotatable bonds is 10. The number of nitrogens with zero attached hydrogens (tertiary/aromatic N) is 3. The molecule has 2 amide bonds. The van der Waals surface area contributed by atoms with Crippen molar-refractivity contribution in [1.82, 2.24) is 14.7 Å². The summed E-state index contributed by atoms with van der Waals surface area (Å²) < 4.78 is 0. The van der Waals surface area contributed by atoms with Crippen LogP contribution in [-0.2, 0) is 16.0 Å². The molecule has 7 heteroatoms. The van der Waals surface area contributed by atoms with Crippen LogP contribution >= 0.6 is 11.6 Å². The van der Waals surface area contributed by atoms with E-state index < -0.39 is 0 Å². The van der Waals surface area contributed by atoms with Crippen LogP contribution in [0.3, 0.4) is 0 Å². The lowest BCUT2D eigenvalue weighted by Gasteiger charge is -2.41. The lowest BCUT2D eigenvalue weighted by atomic mass is 10.0. The molecular formula is C25H32ClN4O2. The smallest absolute Gasteiger partial charge is 0.231 e. The van der Waals surface area contributed by atoms with Gasteiger partial charge in [0.1, 0.15) is 0 Å². The Balaban J connectivity index is 1.58. The average molecular weight is 456 g/mol. The van der Waals surface area contributed by atoms with E-state index in [2.05, 4.69) is 21.9 Å². The Morgan fingerprint density at radius 3 is 2.31 bits per heavy atom. The molecule has 1 atom stereocenters. The van der Waals surface area contributed by atoms with E-state index in [4.69, 9.17) is 17.3 Å². The molecule has 2 aromatic carbocycles. The normalized spacial score (nSPS) is 15.7. The van der Waals surface area contributed by atoms with Crippen molar-refractivity contribution in [2.75, 3.05) is 45.8 Å². The van der Waals surface area contributed by atoms with Crippen molar-refractivity contribution in [3.05, 3.63) is 77.2 Å². The van der Waals surface area contributed by atoms with Gasteiger partial charge in [-0.1, -0.05) is 61.0 Å². The van der Waals surface area contributed by atoms with E-state index in [9.17, 15) is 9.59 Å². The van der Waals surface area contributed by atoms with Gasteiger partial charge in [-0.25, -0.2) is 0 Å². The van der Waals surface area contributed by atoms with Gasteiger partial charge in [0.15, 0.2) is 0 Å². The van der Waals surface area contributed by atoms with Gasteiger partial charge in [-0.15, -0.1) is 0 Å². The van der Waals surface area contributed by atoms with E-state index in [1.807, 2.05) is 54.3 Å². The highest BCUT2D eigenvalue weighted by atomic mass is 35.5. The minimum absolute atomic E-state index is 0.0692. The van der Waals surface area contributed by atoms with Crippen molar-refractivity contribution in [3.63, 3.8) is 0 Å². The molecule has 1 fully saturated rings. The molecule has 0 saturated carbocycles. The van der Waals surface area contributed by atoms with Crippen molar-refractivity contribution in [3.8, 4) is 0 Å². The zero-order chi connectivity index (χ0) is 22.9. The maximum Gasteiger partial charge on any atom is 0.231 e. The first-order valence-electron chi connectivity index (χ1n) is 11.1. The molecule has 3 rings (SSSR count). The molecule has 171 valence electrons. The predicted octanol–water partition coefficient (Wildman–Crippen LogP) is 2.78. The second kappa shape index (κ2) is 12.0. The number of primary amides is 1. The van der Waals surface area contributed by atoms with Gasteiger partial charge in [-0.3, -0.25) is 19.4 Å². The van der Waals surface area contributed by atoms with Gasteiger partial charge in [0.05, 0.1) is 13.0 Å². The van der Waals surface area contributed by atoms with Gasteiger partial charge >= 0.3 is 0 Å². The molecule has 0 spiro atoms. The van der Waals surface area contributed by atoms with Crippen molar-refractivity contribution in [2.45, 2.75) is 19.4 Å². The van der Waals surface area contributed by atoms with Gasteiger partial charge in [0.2, 0.25) is 11.8 Å². The van der Waals surface area contributed by atoms with E-state index in [0.717, 1.165) is 31.7 Å². The molecule has 2 aromatic rings. The molecule has 1 heterocycles. The van der Waals surface area contributed by atoms with Crippen molar-refractivity contribution < 1.29 is 9.59 Å². The Hall–Kier alpha value is -2.41. The van der Waals surface area contributed by atoms with Crippen LogP contribution in [0.25, 0.3) is 0 Å². The third kappa shape index (κ3) is 7.05. The topological polar surface area (TPSA) is 69.9 Å². The number of carbonyl (C=O) groups is 2. The fourth-order valence-electron chi connectivity index (χ4n) is 4.09. The predicted molar refractivity (Wildman–Crippen MR) is 128 cm³/mol. The van der Waals surface area contributed by atoms with Crippen LogP contribution in [0, 0.1) is 6.42 Å². The van der Waals surface area contributed by atoms with E-state index >= 15 is 0 Å². The molecule has 6 nitrogen and oxygen atoms in total. The zero-order valence-corrected chi connectivity index (χ0v) is 19.4. The molecule has 1 saturated heterocycles. The second-order valence-corrected chi connectivity index (χ2v) is 8.55. The van der Waals surface area contributed by atoms with Crippen LogP contribution in [-0.4, -0.2) is 72.3 Å². The molecular weight excluding hydrogens is 424 g/mol. The highest BCUT2D eigenvalue weighted by Crippen LogP contribution is 2.24. The Bertz CT molecular complexity index is 867. The van der Waals surface area contributed by atoms with Gasteiger partial charge < -0.3 is 10.6 Å². The summed E-state index contributed by atoms with van der Waals surface area (Å²) in [5.74, 6) is -0.245. The average Bonchev–Trinajstić information content (AvgIpc) is 2.81. The first-order valence-corrected chi connectivity index (χ1v) is 11.5. The lowest BCUT2D eigenvalue weighted by molar-refractivity contribution is -0.130. The molecule has 0 aromatic heterocycles. The van der Waals surface area contributed by atoms with E-state index in [1.165, 1.54) is 5.56 Å². The standard InChI is InChI=1S/C25H32ClN4O2/c1-2-28(19-24(27)31)18-23(21-6-4-3-5-7-21)29-14-16-30(17-15-29)25(32)13-10-20-8-11-22(26)12-9-20/h3-9,11-13,23H,2,10,14-19H2,1H3,(H2,27,31). The third-order valence-electron chi connectivity index (χ3n) is 5.93. The van der Waals surface area contributed by atoms with Gasteiger partial charge in [-0.2, -0.15) is 0 Å². The monoisotopic (exact) mass is 455 g/mol. The van der Waals surface area contributed by atoms with Crippen LogP contribution < -0.4 is 5.73 Å². The van der Waals surface area contributed by atoms with Crippen LogP contribution in [0.15, 0.2) is 54.6 Å². The molecule has 32 heavy (non-hydrogen) atoms. The number of hydrogen-bond acceptors (Lipinski definition) is 4. The van der Waals surface area contributed by atoms with E-state index in [-0.39, 0.29) is 24.4 Å². The van der Waals surface area contributed by atoms with Crippen molar-refractivity contribution in [1.29, 1.82) is 0 Å². The Labute approximate surface area is 195 Å². The summed E-state index contributed by atoms with van der Waals surface area (Å²) in [6, 6.07) is 18.1. The summed E-state index contributed by atoms with van der Waals surface area (Å²) >= 11 is 5.93. The summed E-state index contributed by atoms with van der Waals surface area (Å²) in [5, 5.41) is 0.696. The number of nitrogens with two attached hydrogens (primary N) is 1. The summed E-state index contributed by atoms with van der Waals surface area (Å²) in [4.78, 5) is 30.6. The molecule has 1 aliphatic rings. The number of halogens is 1. The molecule has 2 N–H and O–H groups in total. The third-order valence-corrected chi connectivity index (χ3v) is 6.19. The molecule has 1 aliphatic heterocycles. The van der Waals surface area contributed by atoms with E-state index in [0.29, 0.717) is 24.5 Å². The van der Waals surface area contributed by atoms with Crippen LogP contribution in [0.2, 0.25) is 5.02 Å². The van der Waals surface area contributed by atoms with E-state index in [1.54, 1.807) is 6.42 Å². The van der Waals surface area contributed by atoms with Gasteiger partial charge in [0.25, 0.3) is 0 Å². The minimum Gasteiger partial charge on any atom is -0.369 e. The Morgan fingerprint density at radius 1 is 1.06 bits per heavy atom. The Morgan fingerprint density at radius 2 is 1.72 bits per heavy atom. The summed E-state index contributed by atoms with van der Waals surface area (Å²) in [6.07, 6.45) is 2.35. The zero-order valence-electron chi connectivity index (χ0n) is 18.6. The van der Waals surface area contributed by atoms with Crippen LogP contribution in [0.5, 0.6) is 0 Å². The van der Waals surface area contributed by atoms with Gasteiger partial charge in [0, 0.05) is 43.8 Å². The van der Waals surface area contributed by atoms with Gasteiger partial charge in [-0.05, 0) is 36.2 Å². The molecule has 0 bridgehead atoms. The fraction of sp³-hybridized carbons (Fsp3) is 0.400. The Kier molecular flexibility index (Phi) is 9.09. The maximum absolute atomic E-state index is 12.7. The highest BCUT2D eigenvalue weighted by molar-refractivity contribution is 6.30.